The molecule has 18 heavy (non-hydrogen) atoms. The van der Waals surface area contributed by atoms with E-state index in [9.17, 15) is 5.26 Å². The third-order valence-corrected chi connectivity index (χ3v) is 4.13. The fourth-order valence-corrected chi connectivity index (χ4v) is 3.13. The minimum absolute atomic E-state index is 0.161. The lowest BCUT2D eigenvalue weighted by Crippen LogP contribution is -2.47. The standard InChI is InChI=1S/C15H19N3/c16-10-11-4-1-2-5-13(11)15-14(17)6-3-9-18(15)12-7-8-12/h1-2,4-5,12,14-15H,3,6-9,17H2. The molecule has 1 saturated carbocycles. The van der Waals surface area contributed by atoms with Gasteiger partial charge in [0.15, 0.2) is 0 Å². The summed E-state index contributed by atoms with van der Waals surface area (Å²) in [6.07, 6.45) is 4.83. The third kappa shape index (κ3) is 2.03. The fourth-order valence-electron chi connectivity index (χ4n) is 3.13. The van der Waals surface area contributed by atoms with Gasteiger partial charge in [0.25, 0.3) is 0 Å². The molecule has 3 rings (SSSR count). The van der Waals surface area contributed by atoms with Crippen LogP contribution < -0.4 is 5.73 Å². The molecule has 94 valence electrons. The van der Waals surface area contributed by atoms with Crippen LogP contribution in [0, 0.1) is 11.3 Å². The normalized spacial score (nSPS) is 28.9. The molecule has 2 N–H and O–H groups in total. The second-order valence-corrected chi connectivity index (χ2v) is 5.42. The number of likely N-dealkylation sites (tertiary alicyclic amines) is 1. The van der Waals surface area contributed by atoms with Crippen LogP contribution in [-0.2, 0) is 0 Å². The van der Waals surface area contributed by atoms with Gasteiger partial charge in [0.2, 0.25) is 0 Å². The molecule has 0 amide bonds. The minimum Gasteiger partial charge on any atom is -0.326 e. The maximum absolute atomic E-state index is 9.27. The topological polar surface area (TPSA) is 53.1 Å². The molecule has 1 heterocycles. The Morgan fingerprint density at radius 1 is 1.22 bits per heavy atom. The highest BCUT2D eigenvalue weighted by Crippen LogP contribution is 2.40. The average molecular weight is 241 g/mol. The highest BCUT2D eigenvalue weighted by atomic mass is 15.2. The van der Waals surface area contributed by atoms with Gasteiger partial charge in [-0.1, -0.05) is 18.2 Å². The maximum atomic E-state index is 9.27. The van der Waals surface area contributed by atoms with E-state index in [1.807, 2.05) is 18.2 Å². The Labute approximate surface area is 108 Å². The summed E-state index contributed by atoms with van der Waals surface area (Å²) < 4.78 is 0. The van der Waals surface area contributed by atoms with Gasteiger partial charge in [-0.3, -0.25) is 4.90 Å². The summed E-state index contributed by atoms with van der Waals surface area (Å²) in [6.45, 7) is 1.13. The van der Waals surface area contributed by atoms with Crippen molar-refractivity contribution in [3.05, 3.63) is 35.4 Å². The van der Waals surface area contributed by atoms with Crippen LogP contribution in [-0.4, -0.2) is 23.5 Å². The van der Waals surface area contributed by atoms with Crippen molar-refractivity contribution < 1.29 is 0 Å². The molecule has 1 aromatic carbocycles. The van der Waals surface area contributed by atoms with Gasteiger partial charge in [0.1, 0.15) is 0 Å². The first kappa shape index (κ1) is 11.7. The van der Waals surface area contributed by atoms with Crippen LogP contribution in [0.1, 0.15) is 42.9 Å². The number of nitriles is 1. The van der Waals surface area contributed by atoms with Crippen molar-refractivity contribution in [2.24, 2.45) is 5.73 Å². The van der Waals surface area contributed by atoms with E-state index in [1.165, 1.54) is 19.3 Å². The van der Waals surface area contributed by atoms with E-state index in [0.717, 1.165) is 24.1 Å². The monoisotopic (exact) mass is 241 g/mol. The molecule has 2 aliphatic rings. The molecule has 0 aromatic heterocycles. The summed E-state index contributed by atoms with van der Waals surface area (Å²) in [4.78, 5) is 2.53. The Balaban J connectivity index is 1.97. The number of nitrogens with zero attached hydrogens (tertiary/aromatic N) is 2. The van der Waals surface area contributed by atoms with Crippen molar-refractivity contribution in [3.63, 3.8) is 0 Å². The Morgan fingerprint density at radius 2 is 2.00 bits per heavy atom. The highest BCUT2D eigenvalue weighted by molar-refractivity contribution is 5.40. The molecule has 0 bridgehead atoms. The van der Waals surface area contributed by atoms with Crippen LogP contribution in [0.2, 0.25) is 0 Å². The first-order valence-corrected chi connectivity index (χ1v) is 6.81. The number of nitrogens with two attached hydrogens (primary N) is 1. The maximum Gasteiger partial charge on any atom is 0.0995 e. The molecule has 2 unspecified atom stereocenters. The van der Waals surface area contributed by atoms with Gasteiger partial charge in [-0.2, -0.15) is 5.26 Å². The van der Waals surface area contributed by atoms with E-state index < -0.39 is 0 Å². The number of benzene rings is 1. The fraction of sp³-hybridized carbons (Fsp3) is 0.533. The van der Waals surface area contributed by atoms with Gasteiger partial charge >= 0.3 is 0 Å². The predicted molar refractivity (Wildman–Crippen MR) is 70.8 cm³/mol. The van der Waals surface area contributed by atoms with Gasteiger partial charge in [0.05, 0.1) is 17.7 Å². The molecule has 2 fully saturated rings. The third-order valence-electron chi connectivity index (χ3n) is 4.13. The summed E-state index contributed by atoms with van der Waals surface area (Å²) >= 11 is 0. The molecule has 2 atom stereocenters. The Kier molecular flexibility index (Phi) is 3.07. The molecule has 1 aliphatic carbocycles. The summed E-state index contributed by atoms with van der Waals surface area (Å²) in [5, 5.41) is 9.27. The molecule has 3 heteroatoms. The van der Waals surface area contributed by atoms with E-state index in [2.05, 4.69) is 17.0 Å². The van der Waals surface area contributed by atoms with Gasteiger partial charge in [-0.25, -0.2) is 0 Å². The quantitative estimate of drug-likeness (QED) is 0.863. The van der Waals surface area contributed by atoms with Gasteiger partial charge in [0, 0.05) is 12.1 Å². The van der Waals surface area contributed by atoms with Crippen molar-refractivity contribution in [2.75, 3.05) is 6.54 Å². The Hall–Kier alpha value is -1.37. The minimum atomic E-state index is 0.161. The zero-order valence-corrected chi connectivity index (χ0v) is 10.5. The predicted octanol–water partition coefficient (Wildman–Crippen LogP) is 2.18. The molecular formula is C15H19N3. The van der Waals surface area contributed by atoms with Crippen molar-refractivity contribution >= 4 is 0 Å². The van der Waals surface area contributed by atoms with Crippen LogP contribution >= 0.6 is 0 Å². The zero-order valence-electron chi connectivity index (χ0n) is 10.5. The van der Waals surface area contributed by atoms with Crippen molar-refractivity contribution in [3.8, 4) is 6.07 Å². The van der Waals surface area contributed by atoms with E-state index in [0.29, 0.717) is 6.04 Å². The van der Waals surface area contributed by atoms with Crippen LogP contribution in [0.25, 0.3) is 0 Å². The first-order valence-electron chi connectivity index (χ1n) is 6.81. The van der Waals surface area contributed by atoms with Crippen LogP contribution in [0.5, 0.6) is 0 Å². The molecule has 0 spiro atoms. The summed E-state index contributed by atoms with van der Waals surface area (Å²) in [5.74, 6) is 0. The van der Waals surface area contributed by atoms with Gasteiger partial charge < -0.3 is 5.73 Å². The Morgan fingerprint density at radius 3 is 2.72 bits per heavy atom. The molecule has 1 aromatic rings. The first-order chi connectivity index (χ1) is 8.81. The van der Waals surface area contributed by atoms with Crippen molar-refractivity contribution in [1.82, 2.24) is 4.90 Å². The van der Waals surface area contributed by atoms with Crippen LogP contribution in [0.4, 0.5) is 0 Å². The lowest BCUT2D eigenvalue weighted by molar-refractivity contribution is 0.119. The van der Waals surface area contributed by atoms with Crippen LogP contribution in [0.15, 0.2) is 24.3 Å². The molecule has 1 saturated heterocycles. The Bertz CT molecular complexity index is 473. The van der Waals surface area contributed by atoms with E-state index >= 15 is 0 Å². The number of hydrogen-bond acceptors (Lipinski definition) is 3. The van der Waals surface area contributed by atoms with E-state index in [-0.39, 0.29) is 12.1 Å². The molecular weight excluding hydrogens is 222 g/mol. The molecule has 0 radical (unpaired) electrons. The lowest BCUT2D eigenvalue weighted by Gasteiger charge is -2.40. The molecule has 1 aliphatic heterocycles. The highest BCUT2D eigenvalue weighted by Gasteiger charge is 2.39. The second-order valence-electron chi connectivity index (χ2n) is 5.42. The summed E-state index contributed by atoms with van der Waals surface area (Å²) in [5.41, 5.74) is 8.25. The van der Waals surface area contributed by atoms with Crippen molar-refractivity contribution in [1.29, 1.82) is 5.26 Å². The van der Waals surface area contributed by atoms with Crippen LogP contribution in [0.3, 0.4) is 0 Å². The number of hydrogen-bond donors (Lipinski definition) is 1. The van der Waals surface area contributed by atoms with Gasteiger partial charge in [-0.05, 0) is 43.9 Å². The lowest BCUT2D eigenvalue weighted by atomic mass is 9.88. The smallest absolute Gasteiger partial charge is 0.0995 e. The largest absolute Gasteiger partial charge is 0.326 e. The SMILES string of the molecule is N#Cc1ccccc1C1C(N)CCCN1C1CC1. The number of rotatable bonds is 2. The second kappa shape index (κ2) is 4.72. The summed E-state index contributed by atoms with van der Waals surface area (Å²) in [7, 11) is 0. The summed E-state index contributed by atoms with van der Waals surface area (Å²) in [6, 6.07) is 11.3. The zero-order chi connectivity index (χ0) is 12.5. The number of piperidine rings is 1. The average Bonchev–Trinajstić information content (AvgIpc) is 3.23. The van der Waals surface area contributed by atoms with E-state index in [4.69, 9.17) is 5.73 Å². The van der Waals surface area contributed by atoms with Gasteiger partial charge in [-0.15, -0.1) is 0 Å². The van der Waals surface area contributed by atoms with E-state index in [1.54, 1.807) is 0 Å². The van der Waals surface area contributed by atoms with Crippen molar-refractivity contribution in [2.45, 2.75) is 43.8 Å². The molecule has 3 nitrogen and oxygen atoms in total.